The first-order chi connectivity index (χ1) is 16.1. The zero-order chi connectivity index (χ0) is 24.5. The first-order valence-corrected chi connectivity index (χ1v) is 13.3. The van der Waals surface area contributed by atoms with Crippen LogP contribution in [0, 0.1) is 5.82 Å². The molecule has 0 bridgehead atoms. The molecular weight excluding hydrogens is 505 g/mol. The normalized spacial score (nSPS) is 17.2. The third-order valence-electron chi connectivity index (χ3n) is 5.14. The molecule has 1 unspecified atom stereocenters. The second-order valence-electron chi connectivity index (χ2n) is 7.75. The molecule has 1 aromatic carbocycles. The first kappa shape index (κ1) is 24.5. The van der Waals surface area contributed by atoms with Crippen LogP contribution in [0.15, 0.2) is 36.7 Å². The first-order valence-electron chi connectivity index (χ1n) is 10.3. The Morgan fingerprint density at radius 3 is 2.74 bits per heavy atom. The van der Waals surface area contributed by atoms with Crippen LogP contribution < -0.4 is 10.2 Å². The molecule has 1 fully saturated rings. The SMILES string of the molecule is C[C@H](Nc1ncc(F)c(N2C(=O)CCC2COS(C)(=O)=O)n1)c1cnc(-c2ccc(Cl)cc2)s1. The van der Waals surface area contributed by atoms with E-state index in [2.05, 4.69) is 20.3 Å². The molecule has 2 atom stereocenters. The van der Waals surface area contributed by atoms with Crippen LogP contribution in [0.1, 0.15) is 30.7 Å². The second-order valence-corrected chi connectivity index (χ2v) is 10.9. The number of carbonyl (C=O) groups excluding carboxylic acids is 1. The summed E-state index contributed by atoms with van der Waals surface area (Å²) < 4.78 is 42.1. The minimum atomic E-state index is -3.71. The molecule has 3 aromatic rings. The molecular formula is C21H21ClFN5O4S2. The van der Waals surface area contributed by atoms with Crippen LogP contribution >= 0.6 is 22.9 Å². The zero-order valence-corrected chi connectivity index (χ0v) is 20.6. The lowest BCUT2D eigenvalue weighted by Gasteiger charge is -2.24. The number of nitrogens with zero attached hydrogens (tertiary/aromatic N) is 4. The molecule has 1 aliphatic heterocycles. The molecule has 180 valence electrons. The Bertz CT molecular complexity index is 1300. The van der Waals surface area contributed by atoms with Crippen molar-refractivity contribution < 1.29 is 21.8 Å². The fourth-order valence-corrected chi connectivity index (χ4v) is 4.92. The van der Waals surface area contributed by atoms with E-state index in [9.17, 15) is 17.6 Å². The van der Waals surface area contributed by atoms with Crippen LogP contribution in [0.25, 0.3) is 10.6 Å². The molecule has 9 nitrogen and oxygen atoms in total. The Kier molecular flexibility index (Phi) is 7.12. The van der Waals surface area contributed by atoms with Crippen molar-refractivity contribution >= 4 is 50.7 Å². The van der Waals surface area contributed by atoms with E-state index >= 15 is 0 Å². The lowest BCUT2D eigenvalue weighted by molar-refractivity contribution is -0.117. The molecule has 1 aliphatic rings. The standard InChI is InChI=1S/C21H21ClFN5O4S2/c1-12(17-10-24-20(33-17)13-3-5-14(22)6-4-13)26-21-25-9-16(23)19(27-21)28-15(7-8-18(28)29)11-32-34(2,30)31/h3-6,9-10,12,15H,7-8,11H2,1-2H3,(H,25,26,27)/t12-,15?/m0/s1. The van der Waals surface area contributed by atoms with Gasteiger partial charge in [0.2, 0.25) is 11.9 Å². The lowest BCUT2D eigenvalue weighted by Crippen LogP contribution is -2.38. The Hall–Kier alpha value is -2.67. The maximum Gasteiger partial charge on any atom is 0.264 e. The summed E-state index contributed by atoms with van der Waals surface area (Å²) >= 11 is 7.42. The summed E-state index contributed by atoms with van der Waals surface area (Å²) in [5.41, 5.74) is 0.933. The largest absolute Gasteiger partial charge is 0.347 e. The number of benzene rings is 1. The average molecular weight is 526 g/mol. The Morgan fingerprint density at radius 2 is 2.03 bits per heavy atom. The van der Waals surface area contributed by atoms with Gasteiger partial charge in [0.25, 0.3) is 10.1 Å². The fourth-order valence-electron chi connectivity index (χ4n) is 3.47. The van der Waals surface area contributed by atoms with Crippen molar-refractivity contribution in [1.29, 1.82) is 0 Å². The van der Waals surface area contributed by atoms with E-state index in [0.717, 1.165) is 32.8 Å². The van der Waals surface area contributed by atoms with E-state index in [1.165, 1.54) is 11.3 Å². The van der Waals surface area contributed by atoms with Crippen LogP contribution in [0.3, 0.4) is 0 Å². The van der Waals surface area contributed by atoms with Gasteiger partial charge in [-0.05, 0) is 25.5 Å². The number of hydrogen-bond donors (Lipinski definition) is 1. The molecule has 1 N–H and O–H groups in total. The van der Waals surface area contributed by atoms with Crippen LogP contribution in [0.5, 0.6) is 0 Å². The van der Waals surface area contributed by atoms with Crippen molar-refractivity contribution in [2.45, 2.75) is 31.8 Å². The molecule has 1 amide bonds. The van der Waals surface area contributed by atoms with Crippen LogP contribution in [-0.4, -0.2) is 48.2 Å². The second kappa shape index (κ2) is 9.90. The van der Waals surface area contributed by atoms with Gasteiger partial charge in [0.15, 0.2) is 11.6 Å². The molecule has 13 heteroatoms. The predicted octanol–water partition coefficient (Wildman–Crippen LogP) is 4.04. The number of hydrogen-bond acceptors (Lipinski definition) is 9. The maximum atomic E-state index is 14.6. The van der Waals surface area contributed by atoms with E-state index in [0.29, 0.717) is 11.4 Å². The van der Waals surface area contributed by atoms with E-state index < -0.39 is 22.0 Å². The number of thiazole rings is 1. The minimum Gasteiger partial charge on any atom is -0.347 e. The van der Waals surface area contributed by atoms with E-state index in [1.54, 1.807) is 18.3 Å². The summed E-state index contributed by atoms with van der Waals surface area (Å²) in [4.78, 5) is 27.1. The van der Waals surface area contributed by atoms with Gasteiger partial charge in [-0.1, -0.05) is 23.7 Å². The summed E-state index contributed by atoms with van der Waals surface area (Å²) in [6.07, 6.45) is 4.09. The molecule has 0 saturated carbocycles. The van der Waals surface area contributed by atoms with E-state index in [4.69, 9.17) is 15.8 Å². The van der Waals surface area contributed by atoms with Gasteiger partial charge in [-0.2, -0.15) is 13.4 Å². The number of nitrogens with one attached hydrogen (secondary N) is 1. The van der Waals surface area contributed by atoms with E-state index in [-0.39, 0.29) is 36.7 Å². The van der Waals surface area contributed by atoms with Crippen LogP contribution in [-0.2, 0) is 19.1 Å². The average Bonchev–Trinajstić information content (AvgIpc) is 3.41. The molecule has 4 rings (SSSR count). The van der Waals surface area contributed by atoms with Crippen molar-refractivity contribution in [3.05, 3.63) is 52.4 Å². The molecule has 34 heavy (non-hydrogen) atoms. The van der Waals surface area contributed by atoms with Gasteiger partial charge in [0.05, 0.1) is 31.1 Å². The fraction of sp³-hybridized carbons (Fsp3) is 0.333. The number of carbonyl (C=O) groups is 1. The molecule has 3 heterocycles. The van der Waals surface area contributed by atoms with Gasteiger partial charge in [-0.25, -0.2) is 14.4 Å². The summed E-state index contributed by atoms with van der Waals surface area (Å²) in [7, 11) is -3.71. The highest BCUT2D eigenvalue weighted by Crippen LogP contribution is 2.32. The van der Waals surface area contributed by atoms with Crippen LogP contribution in [0.2, 0.25) is 5.02 Å². The molecule has 0 spiro atoms. The molecule has 1 saturated heterocycles. The van der Waals surface area contributed by atoms with Crippen molar-refractivity contribution in [1.82, 2.24) is 15.0 Å². The summed E-state index contributed by atoms with van der Waals surface area (Å²) in [6.45, 7) is 1.61. The number of halogens is 2. The van der Waals surface area contributed by atoms with Crippen molar-refractivity contribution in [2.24, 2.45) is 0 Å². The monoisotopic (exact) mass is 525 g/mol. The third kappa shape index (κ3) is 5.69. The predicted molar refractivity (Wildman–Crippen MR) is 128 cm³/mol. The Labute approximate surface area is 205 Å². The summed E-state index contributed by atoms with van der Waals surface area (Å²) in [5, 5.41) is 4.56. The number of anilines is 2. The number of aromatic nitrogens is 3. The Morgan fingerprint density at radius 1 is 1.29 bits per heavy atom. The highest BCUT2D eigenvalue weighted by atomic mass is 35.5. The van der Waals surface area contributed by atoms with Crippen molar-refractivity contribution in [3.63, 3.8) is 0 Å². The minimum absolute atomic E-state index is 0.118. The number of amides is 1. The van der Waals surface area contributed by atoms with Gasteiger partial charge in [0.1, 0.15) is 5.01 Å². The summed E-state index contributed by atoms with van der Waals surface area (Å²) in [6, 6.07) is 6.45. The van der Waals surface area contributed by atoms with Crippen LogP contribution in [0.4, 0.5) is 16.2 Å². The third-order valence-corrected chi connectivity index (χ3v) is 7.19. The smallest absolute Gasteiger partial charge is 0.264 e. The topological polar surface area (TPSA) is 114 Å². The maximum absolute atomic E-state index is 14.6. The highest BCUT2D eigenvalue weighted by Gasteiger charge is 2.36. The highest BCUT2D eigenvalue weighted by molar-refractivity contribution is 7.85. The van der Waals surface area contributed by atoms with Gasteiger partial charge in [-0.3, -0.25) is 13.9 Å². The zero-order valence-electron chi connectivity index (χ0n) is 18.2. The van der Waals surface area contributed by atoms with Gasteiger partial charge in [0, 0.05) is 28.1 Å². The molecule has 0 radical (unpaired) electrons. The molecule has 0 aliphatic carbocycles. The van der Waals surface area contributed by atoms with Gasteiger partial charge >= 0.3 is 0 Å². The van der Waals surface area contributed by atoms with Gasteiger partial charge < -0.3 is 5.32 Å². The lowest BCUT2D eigenvalue weighted by atomic mass is 10.2. The number of rotatable bonds is 8. The van der Waals surface area contributed by atoms with Crippen molar-refractivity contribution in [3.8, 4) is 10.6 Å². The summed E-state index contributed by atoms with van der Waals surface area (Å²) in [5.74, 6) is -1.26. The quantitative estimate of drug-likeness (QED) is 0.438. The van der Waals surface area contributed by atoms with Gasteiger partial charge in [-0.15, -0.1) is 11.3 Å². The Balaban J connectivity index is 1.52. The van der Waals surface area contributed by atoms with Crippen molar-refractivity contribution in [2.75, 3.05) is 23.1 Å². The molecule has 2 aromatic heterocycles. The van der Waals surface area contributed by atoms with E-state index in [1.807, 2.05) is 19.1 Å².